The first kappa shape index (κ1) is 20.1. The molecule has 0 radical (unpaired) electrons. The lowest BCUT2D eigenvalue weighted by Crippen LogP contribution is -2.30. The van der Waals surface area contributed by atoms with Crippen molar-refractivity contribution in [2.24, 2.45) is 0 Å². The number of carbonyl (C=O) groups excluding carboxylic acids is 1. The molecule has 0 fully saturated rings. The van der Waals surface area contributed by atoms with Crippen LogP contribution >= 0.6 is 0 Å². The average molecular weight is 398 g/mol. The zero-order chi connectivity index (χ0) is 21.1. The number of fused-ring (bicyclic) bond motifs is 1. The summed E-state index contributed by atoms with van der Waals surface area (Å²) >= 11 is 0. The van der Waals surface area contributed by atoms with Crippen LogP contribution in [0.5, 0.6) is 0 Å². The van der Waals surface area contributed by atoms with Gasteiger partial charge in [-0.1, -0.05) is 0 Å². The molecule has 0 aliphatic carbocycles. The number of nitrogens with one attached hydrogen (secondary N) is 1. The van der Waals surface area contributed by atoms with Gasteiger partial charge in [-0.25, -0.2) is 4.79 Å². The minimum Gasteiger partial charge on any atom is -0.408 e. The zero-order valence-corrected chi connectivity index (χ0v) is 16.4. The van der Waals surface area contributed by atoms with Crippen LogP contribution in [0.15, 0.2) is 51.7 Å². The molecule has 0 atom stereocenters. The van der Waals surface area contributed by atoms with Gasteiger partial charge >= 0.3 is 5.76 Å². The van der Waals surface area contributed by atoms with Crippen LogP contribution in [0.2, 0.25) is 0 Å². The summed E-state index contributed by atoms with van der Waals surface area (Å²) in [7, 11) is 0. The Hall–Kier alpha value is -3.62. The van der Waals surface area contributed by atoms with Crippen LogP contribution in [0.1, 0.15) is 20.8 Å². The van der Waals surface area contributed by atoms with Crippen LogP contribution in [0.3, 0.4) is 0 Å². The monoisotopic (exact) mass is 398 g/mol. The number of nitro groups is 1. The van der Waals surface area contributed by atoms with Crippen molar-refractivity contribution in [1.29, 1.82) is 0 Å². The lowest BCUT2D eigenvalue weighted by atomic mass is 10.2. The van der Waals surface area contributed by atoms with E-state index in [2.05, 4.69) is 31.0 Å². The number of aromatic nitrogens is 1. The predicted molar refractivity (Wildman–Crippen MR) is 110 cm³/mol. The van der Waals surface area contributed by atoms with E-state index in [4.69, 9.17) is 4.42 Å². The van der Waals surface area contributed by atoms with E-state index in [1.807, 2.05) is 12.1 Å². The Bertz CT molecular complexity index is 1100. The summed E-state index contributed by atoms with van der Waals surface area (Å²) in [6.45, 7) is 6.84. The summed E-state index contributed by atoms with van der Waals surface area (Å²) in [6, 6.07) is 11.6. The van der Waals surface area contributed by atoms with Gasteiger partial charge in [0.2, 0.25) is 5.91 Å². The number of hydrogen-bond acceptors (Lipinski definition) is 6. The van der Waals surface area contributed by atoms with E-state index < -0.39 is 16.6 Å². The summed E-state index contributed by atoms with van der Waals surface area (Å²) in [4.78, 5) is 37.1. The first-order valence-electron chi connectivity index (χ1n) is 9.24. The number of amides is 1. The predicted octanol–water partition coefficient (Wildman–Crippen LogP) is 3.38. The molecule has 1 aromatic heterocycles. The van der Waals surface area contributed by atoms with E-state index in [0.29, 0.717) is 11.7 Å². The molecule has 0 bridgehead atoms. The first-order valence-corrected chi connectivity index (χ1v) is 9.24. The molecule has 152 valence electrons. The molecule has 0 saturated carbocycles. The van der Waals surface area contributed by atoms with Crippen molar-refractivity contribution >= 4 is 34.1 Å². The van der Waals surface area contributed by atoms with E-state index in [1.165, 1.54) is 18.2 Å². The lowest BCUT2D eigenvalue weighted by molar-refractivity contribution is -0.384. The zero-order valence-electron chi connectivity index (χ0n) is 16.4. The summed E-state index contributed by atoms with van der Waals surface area (Å²) in [5, 5.41) is 13.7. The molecule has 3 rings (SSSR count). The van der Waals surface area contributed by atoms with E-state index in [1.54, 1.807) is 12.1 Å². The Morgan fingerprint density at radius 3 is 2.52 bits per heavy atom. The smallest absolute Gasteiger partial charge is 0.408 e. The van der Waals surface area contributed by atoms with Crippen LogP contribution in [0, 0.1) is 10.1 Å². The second-order valence-electron chi connectivity index (χ2n) is 6.84. The van der Waals surface area contributed by atoms with E-state index >= 15 is 0 Å². The number of carbonyl (C=O) groups is 1. The third-order valence-corrected chi connectivity index (χ3v) is 4.61. The number of oxazole rings is 1. The van der Waals surface area contributed by atoms with Crippen LogP contribution < -0.4 is 16.0 Å². The van der Waals surface area contributed by atoms with Crippen LogP contribution in [-0.4, -0.2) is 28.0 Å². The molecule has 2 aromatic carbocycles. The quantitative estimate of drug-likeness (QED) is 0.482. The summed E-state index contributed by atoms with van der Waals surface area (Å²) in [5.74, 6) is -1.19. The Balaban J connectivity index is 1.77. The number of hydrogen-bond donors (Lipinski definition) is 1. The Morgan fingerprint density at radius 1 is 1.24 bits per heavy atom. The third kappa shape index (κ3) is 4.29. The number of non-ortho nitro benzene ring substituents is 1. The number of anilines is 2. The molecule has 9 nitrogen and oxygen atoms in total. The van der Waals surface area contributed by atoms with Crippen LogP contribution in [0.4, 0.5) is 17.1 Å². The molecule has 0 aliphatic heterocycles. The Morgan fingerprint density at radius 2 is 1.93 bits per heavy atom. The molecule has 3 aromatic rings. The molecule has 0 saturated heterocycles. The lowest BCUT2D eigenvalue weighted by Gasteiger charge is -2.27. The normalized spacial score (nSPS) is 11.0. The maximum absolute atomic E-state index is 12.4. The van der Waals surface area contributed by atoms with Gasteiger partial charge < -0.3 is 14.6 Å². The molecule has 1 N–H and O–H groups in total. The molecule has 0 spiro atoms. The average Bonchev–Trinajstić information content (AvgIpc) is 2.98. The Labute approximate surface area is 166 Å². The number of nitrogens with zero attached hydrogens (tertiary/aromatic N) is 3. The van der Waals surface area contributed by atoms with Crippen LogP contribution in [0.25, 0.3) is 11.1 Å². The number of benzene rings is 2. The standard InChI is InChI=1S/C20H22N4O5/c1-4-22(13(2)3)15-7-5-14(6-8-15)21-19(25)12-23-17-11-16(24(27)28)9-10-18(17)29-20(23)26/h5-11,13H,4,12H2,1-3H3,(H,21,25). The Kier molecular flexibility index (Phi) is 5.67. The fraction of sp³-hybridized carbons (Fsp3) is 0.300. The van der Waals surface area contributed by atoms with Gasteiger partial charge in [0.05, 0.1) is 10.4 Å². The summed E-state index contributed by atoms with van der Waals surface area (Å²) < 4.78 is 6.13. The van der Waals surface area contributed by atoms with E-state index in [9.17, 15) is 19.7 Å². The highest BCUT2D eigenvalue weighted by Gasteiger charge is 2.16. The van der Waals surface area contributed by atoms with Crippen molar-refractivity contribution in [3.8, 4) is 0 Å². The maximum Gasteiger partial charge on any atom is 0.420 e. The van der Waals surface area contributed by atoms with E-state index in [-0.39, 0.29) is 23.3 Å². The van der Waals surface area contributed by atoms with Gasteiger partial charge in [0.1, 0.15) is 6.54 Å². The number of nitro benzene ring substituents is 1. The van der Waals surface area contributed by atoms with Gasteiger partial charge in [-0.15, -0.1) is 0 Å². The minimum absolute atomic E-state index is 0.186. The summed E-state index contributed by atoms with van der Waals surface area (Å²) in [5.41, 5.74) is 1.83. The molecular weight excluding hydrogens is 376 g/mol. The molecule has 1 amide bonds. The molecule has 0 unspecified atom stereocenters. The highest BCUT2D eigenvalue weighted by Crippen LogP contribution is 2.21. The third-order valence-electron chi connectivity index (χ3n) is 4.61. The van der Waals surface area contributed by atoms with Crippen molar-refractivity contribution < 1.29 is 14.1 Å². The molecule has 1 heterocycles. The molecule has 9 heteroatoms. The van der Waals surface area contributed by atoms with Gasteiger partial charge in [-0.3, -0.25) is 19.5 Å². The van der Waals surface area contributed by atoms with Gasteiger partial charge in [0.15, 0.2) is 5.58 Å². The highest BCUT2D eigenvalue weighted by molar-refractivity contribution is 5.91. The van der Waals surface area contributed by atoms with Crippen molar-refractivity contribution in [2.45, 2.75) is 33.4 Å². The number of rotatable bonds is 7. The van der Waals surface area contributed by atoms with Crippen molar-refractivity contribution in [3.05, 3.63) is 63.1 Å². The first-order chi connectivity index (χ1) is 13.8. The SMILES string of the molecule is CCN(c1ccc(NC(=O)Cn2c(=O)oc3ccc([N+](=O)[O-])cc32)cc1)C(C)C. The fourth-order valence-electron chi connectivity index (χ4n) is 3.24. The summed E-state index contributed by atoms with van der Waals surface area (Å²) in [6.07, 6.45) is 0. The molecular formula is C20H22N4O5. The van der Waals surface area contributed by atoms with Gasteiger partial charge in [-0.05, 0) is 51.1 Å². The van der Waals surface area contributed by atoms with E-state index in [0.717, 1.165) is 16.8 Å². The van der Waals surface area contributed by atoms with Crippen molar-refractivity contribution in [3.63, 3.8) is 0 Å². The second kappa shape index (κ2) is 8.17. The largest absolute Gasteiger partial charge is 0.420 e. The van der Waals surface area contributed by atoms with Gasteiger partial charge in [0, 0.05) is 36.1 Å². The molecule has 29 heavy (non-hydrogen) atoms. The van der Waals surface area contributed by atoms with Gasteiger partial charge in [-0.2, -0.15) is 0 Å². The van der Waals surface area contributed by atoms with Crippen molar-refractivity contribution in [1.82, 2.24) is 4.57 Å². The highest BCUT2D eigenvalue weighted by atomic mass is 16.6. The van der Waals surface area contributed by atoms with Crippen LogP contribution in [-0.2, 0) is 11.3 Å². The maximum atomic E-state index is 12.4. The topological polar surface area (TPSA) is 111 Å². The van der Waals surface area contributed by atoms with Crippen molar-refractivity contribution in [2.75, 3.05) is 16.8 Å². The second-order valence-corrected chi connectivity index (χ2v) is 6.84. The van der Waals surface area contributed by atoms with Gasteiger partial charge in [0.25, 0.3) is 5.69 Å². The molecule has 0 aliphatic rings. The minimum atomic E-state index is -0.749. The fourth-order valence-corrected chi connectivity index (χ4v) is 3.24.